The van der Waals surface area contributed by atoms with Crippen LogP contribution in [0.4, 0.5) is 0 Å². The third-order valence-corrected chi connectivity index (χ3v) is 4.47. The minimum atomic E-state index is -1.26. The topological polar surface area (TPSA) is 110 Å². The van der Waals surface area contributed by atoms with Crippen LogP contribution in [-0.2, 0) is 4.79 Å². The highest BCUT2D eigenvalue weighted by molar-refractivity contribution is 5.76. The molecule has 0 saturated heterocycles. The lowest BCUT2D eigenvalue weighted by atomic mass is 9.94. The summed E-state index contributed by atoms with van der Waals surface area (Å²) in [4.78, 5) is 11.8. The lowest BCUT2D eigenvalue weighted by Crippen LogP contribution is -2.38. The second-order valence-electron chi connectivity index (χ2n) is 7.77. The summed E-state index contributed by atoms with van der Waals surface area (Å²) in [5.41, 5.74) is -0.0821. The molecule has 0 aliphatic heterocycles. The van der Waals surface area contributed by atoms with E-state index in [1.54, 1.807) is 47.6 Å². The Bertz CT molecular complexity index is 670. The van der Waals surface area contributed by atoms with Gasteiger partial charge >= 0.3 is 0 Å². The monoisotopic (exact) mass is 365 g/mol. The number of amides is 1. The van der Waals surface area contributed by atoms with Gasteiger partial charge in [-0.15, -0.1) is 0 Å². The summed E-state index contributed by atoms with van der Waals surface area (Å²) in [5, 5.41) is 43.1. The smallest absolute Gasteiger partial charge is 0.220 e. The third kappa shape index (κ3) is 6.04. The van der Waals surface area contributed by atoms with Gasteiger partial charge in [-0.2, -0.15) is 0 Å². The van der Waals surface area contributed by atoms with Gasteiger partial charge in [0, 0.05) is 24.1 Å². The van der Waals surface area contributed by atoms with E-state index in [1.807, 2.05) is 0 Å². The standard InChI is InChI=1S/C20H31NO5/c1-12-13(2)18(24)15(14(3)17(12)23)7-9-20(6,26)10-8-16(22)21-11-19(4,5)25/h7,9,23-26H,8,10-11H2,1-6H3,(H,21,22)/b9-7+. The predicted molar refractivity (Wildman–Crippen MR) is 102 cm³/mol. The summed E-state index contributed by atoms with van der Waals surface area (Å²) in [6, 6.07) is 0. The summed E-state index contributed by atoms with van der Waals surface area (Å²) >= 11 is 0. The van der Waals surface area contributed by atoms with Crippen molar-refractivity contribution < 1.29 is 25.2 Å². The van der Waals surface area contributed by atoms with Crippen LogP contribution < -0.4 is 5.32 Å². The minimum Gasteiger partial charge on any atom is -0.507 e. The van der Waals surface area contributed by atoms with E-state index in [9.17, 15) is 25.2 Å². The number of aromatic hydroxyl groups is 2. The van der Waals surface area contributed by atoms with E-state index >= 15 is 0 Å². The van der Waals surface area contributed by atoms with E-state index in [1.165, 1.54) is 6.08 Å². The second-order valence-corrected chi connectivity index (χ2v) is 7.77. The van der Waals surface area contributed by atoms with Gasteiger partial charge < -0.3 is 25.7 Å². The van der Waals surface area contributed by atoms with Gasteiger partial charge in [-0.25, -0.2) is 0 Å². The molecule has 0 bridgehead atoms. The number of nitrogens with one attached hydrogen (secondary N) is 1. The SMILES string of the molecule is Cc1c(C)c(O)c(/C=C/C(C)(O)CCC(=O)NCC(C)(C)O)c(C)c1O. The van der Waals surface area contributed by atoms with Gasteiger partial charge in [0.15, 0.2) is 0 Å². The van der Waals surface area contributed by atoms with E-state index in [0.29, 0.717) is 22.3 Å². The van der Waals surface area contributed by atoms with Crippen molar-refractivity contribution in [2.24, 2.45) is 0 Å². The molecule has 6 nitrogen and oxygen atoms in total. The van der Waals surface area contributed by atoms with Crippen molar-refractivity contribution in [1.29, 1.82) is 0 Å². The molecule has 1 rings (SSSR count). The highest BCUT2D eigenvalue weighted by atomic mass is 16.3. The first-order chi connectivity index (χ1) is 11.7. The van der Waals surface area contributed by atoms with Crippen LogP contribution in [-0.4, -0.2) is 44.1 Å². The molecule has 0 fully saturated rings. The molecule has 0 aromatic heterocycles. The molecule has 26 heavy (non-hydrogen) atoms. The summed E-state index contributed by atoms with van der Waals surface area (Å²) in [5.74, 6) is -0.0815. The first-order valence-electron chi connectivity index (χ1n) is 8.67. The summed E-state index contributed by atoms with van der Waals surface area (Å²) < 4.78 is 0. The molecule has 1 unspecified atom stereocenters. The van der Waals surface area contributed by atoms with Gasteiger partial charge in [0.25, 0.3) is 0 Å². The quantitative estimate of drug-likeness (QED) is 0.477. The molecule has 1 atom stereocenters. The van der Waals surface area contributed by atoms with Gasteiger partial charge in [0.05, 0.1) is 11.2 Å². The zero-order chi connectivity index (χ0) is 20.3. The zero-order valence-corrected chi connectivity index (χ0v) is 16.5. The zero-order valence-electron chi connectivity index (χ0n) is 16.5. The van der Waals surface area contributed by atoms with Gasteiger partial charge in [-0.1, -0.05) is 12.2 Å². The fourth-order valence-electron chi connectivity index (χ4n) is 2.46. The van der Waals surface area contributed by atoms with Crippen molar-refractivity contribution >= 4 is 12.0 Å². The van der Waals surface area contributed by atoms with Crippen molar-refractivity contribution in [2.75, 3.05) is 6.54 Å². The number of carbonyl (C=O) groups excluding carboxylic acids is 1. The van der Waals surface area contributed by atoms with Crippen LogP contribution in [0.2, 0.25) is 0 Å². The van der Waals surface area contributed by atoms with Crippen molar-refractivity contribution in [3.63, 3.8) is 0 Å². The van der Waals surface area contributed by atoms with Crippen LogP contribution in [0.5, 0.6) is 11.5 Å². The Hall–Kier alpha value is -2.05. The fraction of sp³-hybridized carbons (Fsp3) is 0.550. The molecule has 0 aliphatic rings. The maximum absolute atomic E-state index is 11.8. The van der Waals surface area contributed by atoms with Crippen LogP contribution in [0, 0.1) is 20.8 Å². The maximum atomic E-state index is 11.8. The first-order valence-corrected chi connectivity index (χ1v) is 8.67. The number of carbonyl (C=O) groups is 1. The average Bonchev–Trinajstić information content (AvgIpc) is 2.54. The number of rotatable bonds is 7. The summed E-state index contributed by atoms with van der Waals surface area (Å²) in [6.45, 7) is 10.0. The van der Waals surface area contributed by atoms with E-state index in [4.69, 9.17) is 0 Å². The van der Waals surface area contributed by atoms with Gasteiger partial charge in [-0.05, 0) is 59.1 Å². The van der Waals surface area contributed by atoms with E-state index < -0.39 is 11.2 Å². The molecule has 5 N–H and O–H groups in total. The lowest BCUT2D eigenvalue weighted by Gasteiger charge is -2.21. The summed E-state index contributed by atoms with van der Waals surface area (Å²) in [6.07, 6.45) is 3.34. The van der Waals surface area contributed by atoms with Gasteiger partial charge in [0.2, 0.25) is 5.91 Å². The maximum Gasteiger partial charge on any atom is 0.220 e. The van der Waals surface area contributed by atoms with Crippen LogP contribution in [0.25, 0.3) is 6.08 Å². The molecule has 0 heterocycles. The molecule has 1 aromatic rings. The largest absolute Gasteiger partial charge is 0.507 e. The van der Waals surface area contributed by atoms with Crippen LogP contribution in [0.3, 0.4) is 0 Å². The Morgan fingerprint density at radius 3 is 2.08 bits per heavy atom. The van der Waals surface area contributed by atoms with Crippen molar-refractivity contribution in [2.45, 2.75) is 65.6 Å². The van der Waals surface area contributed by atoms with Crippen LogP contribution in [0.15, 0.2) is 6.08 Å². The predicted octanol–water partition coefficient (Wildman–Crippen LogP) is 2.45. The molecule has 6 heteroatoms. The highest BCUT2D eigenvalue weighted by Crippen LogP contribution is 2.37. The molecule has 0 aliphatic carbocycles. The Labute approximate surface area is 155 Å². The molecule has 146 valence electrons. The second kappa shape index (κ2) is 8.10. The van der Waals surface area contributed by atoms with Gasteiger partial charge in [-0.3, -0.25) is 4.79 Å². The number of phenolic OH excluding ortho intramolecular Hbond substituents is 2. The average molecular weight is 365 g/mol. The normalized spacial score (nSPS) is 14.5. The number of hydrogen-bond donors (Lipinski definition) is 5. The van der Waals surface area contributed by atoms with Gasteiger partial charge in [0.1, 0.15) is 11.5 Å². The minimum absolute atomic E-state index is 0.0628. The number of benzene rings is 1. The van der Waals surface area contributed by atoms with Crippen molar-refractivity contribution in [3.8, 4) is 11.5 Å². The fourth-order valence-corrected chi connectivity index (χ4v) is 2.46. The molecular weight excluding hydrogens is 334 g/mol. The Morgan fingerprint density at radius 1 is 1.00 bits per heavy atom. The molecule has 0 saturated carbocycles. The molecule has 1 amide bonds. The van der Waals surface area contributed by atoms with Crippen LogP contribution in [0.1, 0.15) is 55.9 Å². The van der Waals surface area contributed by atoms with Crippen molar-refractivity contribution in [1.82, 2.24) is 5.32 Å². The summed E-state index contributed by atoms with van der Waals surface area (Å²) in [7, 11) is 0. The van der Waals surface area contributed by atoms with E-state index in [-0.39, 0.29) is 36.8 Å². The van der Waals surface area contributed by atoms with E-state index in [0.717, 1.165) is 0 Å². The number of phenols is 2. The lowest BCUT2D eigenvalue weighted by molar-refractivity contribution is -0.123. The first kappa shape index (κ1) is 22.0. The van der Waals surface area contributed by atoms with Crippen LogP contribution >= 0.6 is 0 Å². The Balaban J connectivity index is 2.83. The Kier molecular flexibility index (Phi) is 6.85. The highest BCUT2D eigenvalue weighted by Gasteiger charge is 2.21. The number of aliphatic hydroxyl groups is 2. The molecule has 0 radical (unpaired) electrons. The Morgan fingerprint density at radius 2 is 1.54 bits per heavy atom. The molecular formula is C20H31NO5. The van der Waals surface area contributed by atoms with Crippen molar-refractivity contribution in [3.05, 3.63) is 28.3 Å². The number of hydrogen-bond acceptors (Lipinski definition) is 5. The molecule has 1 aromatic carbocycles. The van der Waals surface area contributed by atoms with E-state index in [2.05, 4.69) is 5.32 Å². The molecule has 0 spiro atoms. The third-order valence-electron chi connectivity index (χ3n) is 4.47.